The van der Waals surface area contributed by atoms with Gasteiger partial charge in [0.05, 0.1) is 11.7 Å². The predicted molar refractivity (Wildman–Crippen MR) is 116 cm³/mol. The van der Waals surface area contributed by atoms with Gasteiger partial charge in [-0.2, -0.15) is 13.2 Å². The van der Waals surface area contributed by atoms with Crippen LogP contribution < -0.4 is 0 Å². The van der Waals surface area contributed by atoms with Gasteiger partial charge in [0.2, 0.25) is 0 Å². The summed E-state index contributed by atoms with van der Waals surface area (Å²) >= 11 is 0. The number of hydrogen-bond acceptors (Lipinski definition) is 2. The van der Waals surface area contributed by atoms with E-state index in [0.717, 1.165) is 45.8 Å². The van der Waals surface area contributed by atoms with Crippen molar-refractivity contribution in [3.05, 3.63) is 88.0 Å². The second-order valence-electron chi connectivity index (χ2n) is 8.87. The molecule has 1 aliphatic carbocycles. The normalized spacial score (nSPS) is 18.3. The van der Waals surface area contributed by atoms with E-state index in [1.807, 2.05) is 20.8 Å². The minimum Gasteiger partial charge on any atom is -0.388 e. The summed E-state index contributed by atoms with van der Waals surface area (Å²) in [5.74, 6) is -0.295. The van der Waals surface area contributed by atoms with Gasteiger partial charge >= 0.3 is 6.18 Å². The summed E-state index contributed by atoms with van der Waals surface area (Å²) in [5, 5.41) is 11.0. The highest BCUT2D eigenvalue weighted by Crippen LogP contribution is 2.45. The van der Waals surface area contributed by atoms with Gasteiger partial charge in [-0.15, -0.1) is 0 Å². The Bertz CT molecular complexity index is 1120. The second kappa shape index (κ2) is 8.32. The SMILES string of the molecule is CC(C)c1nc2c(c(-c3ccc(F)cc3)c1Cc1ccc(C(F)(F)F)cc1)C(O)C(C)C2. The Kier molecular flexibility index (Phi) is 5.84. The van der Waals surface area contributed by atoms with E-state index in [2.05, 4.69) is 0 Å². The van der Waals surface area contributed by atoms with Crippen molar-refractivity contribution in [3.63, 3.8) is 0 Å². The van der Waals surface area contributed by atoms with E-state index in [-0.39, 0.29) is 17.7 Å². The molecule has 0 aliphatic heterocycles. The van der Waals surface area contributed by atoms with Gasteiger partial charge in [0.1, 0.15) is 5.82 Å². The Morgan fingerprint density at radius 1 is 1.03 bits per heavy atom. The van der Waals surface area contributed by atoms with Crippen molar-refractivity contribution in [1.82, 2.24) is 4.98 Å². The Labute approximate surface area is 185 Å². The number of hydrogen-bond donors (Lipinski definition) is 1. The van der Waals surface area contributed by atoms with Gasteiger partial charge in [0.25, 0.3) is 0 Å². The maximum atomic E-state index is 13.7. The zero-order chi connectivity index (χ0) is 23.2. The Hall–Kier alpha value is -2.73. The van der Waals surface area contributed by atoms with Gasteiger partial charge in [-0.05, 0) is 71.2 Å². The minimum absolute atomic E-state index is 0.00182. The average Bonchev–Trinajstić information content (AvgIpc) is 3.01. The molecule has 0 saturated carbocycles. The number of fused-ring (bicyclic) bond motifs is 1. The van der Waals surface area contributed by atoms with Crippen LogP contribution in [0.15, 0.2) is 48.5 Å². The van der Waals surface area contributed by atoms with Crippen molar-refractivity contribution in [2.75, 3.05) is 0 Å². The number of halogens is 4. The van der Waals surface area contributed by atoms with Crippen molar-refractivity contribution in [2.24, 2.45) is 5.92 Å². The van der Waals surface area contributed by atoms with E-state index in [0.29, 0.717) is 18.4 Å². The van der Waals surface area contributed by atoms with Crippen LogP contribution in [0.25, 0.3) is 11.1 Å². The van der Waals surface area contributed by atoms with Gasteiger partial charge < -0.3 is 5.11 Å². The molecule has 168 valence electrons. The summed E-state index contributed by atoms with van der Waals surface area (Å²) in [6.45, 7) is 6.01. The number of alkyl halides is 3. The van der Waals surface area contributed by atoms with Crippen LogP contribution in [-0.4, -0.2) is 10.1 Å². The highest BCUT2D eigenvalue weighted by atomic mass is 19.4. The minimum atomic E-state index is -4.39. The molecule has 3 aromatic rings. The Morgan fingerprint density at radius 3 is 2.22 bits per heavy atom. The monoisotopic (exact) mass is 443 g/mol. The molecule has 0 bridgehead atoms. The van der Waals surface area contributed by atoms with Crippen LogP contribution in [-0.2, 0) is 19.0 Å². The lowest BCUT2D eigenvalue weighted by Crippen LogP contribution is -2.10. The van der Waals surface area contributed by atoms with Gasteiger partial charge in [0, 0.05) is 17.0 Å². The van der Waals surface area contributed by atoms with E-state index in [1.54, 1.807) is 12.1 Å². The fourth-order valence-electron chi connectivity index (χ4n) is 4.50. The van der Waals surface area contributed by atoms with Crippen molar-refractivity contribution >= 4 is 0 Å². The Morgan fingerprint density at radius 2 is 1.66 bits per heavy atom. The maximum absolute atomic E-state index is 13.7. The fourth-order valence-corrected chi connectivity index (χ4v) is 4.50. The quantitative estimate of drug-likeness (QED) is 0.448. The molecular weight excluding hydrogens is 418 g/mol. The van der Waals surface area contributed by atoms with Crippen LogP contribution in [0.1, 0.15) is 66.4 Å². The van der Waals surface area contributed by atoms with Crippen molar-refractivity contribution in [3.8, 4) is 11.1 Å². The number of aromatic nitrogens is 1. The van der Waals surface area contributed by atoms with Crippen molar-refractivity contribution in [1.29, 1.82) is 0 Å². The molecule has 0 amide bonds. The number of rotatable bonds is 4. The zero-order valence-corrected chi connectivity index (χ0v) is 18.2. The standard InChI is InChI=1S/C26H25F4NO/c1-14(2)24-20(13-16-4-8-18(9-5-16)26(28,29)30)22(17-6-10-19(27)11-7-17)23-21(31-24)12-15(3)25(23)32/h4-11,14-15,25,32H,12-13H2,1-3H3. The van der Waals surface area contributed by atoms with Crippen LogP contribution in [0.5, 0.6) is 0 Å². The molecular formula is C26H25F4NO. The number of pyridine rings is 1. The molecule has 4 rings (SSSR count). The first kappa shape index (κ1) is 22.5. The summed E-state index contributed by atoms with van der Waals surface area (Å²) in [5.41, 5.74) is 4.89. The summed E-state index contributed by atoms with van der Waals surface area (Å²) in [6.07, 6.45) is -4.09. The largest absolute Gasteiger partial charge is 0.416 e. The van der Waals surface area contributed by atoms with E-state index in [1.165, 1.54) is 24.3 Å². The third-order valence-corrected chi connectivity index (χ3v) is 6.14. The van der Waals surface area contributed by atoms with E-state index >= 15 is 0 Å². The molecule has 1 N–H and O–H groups in total. The first-order valence-electron chi connectivity index (χ1n) is 10.7. The first-order valence-corrected chi connectivity index (χ1v) is 10.7. The lowest BCUT2D eigenvalue weighted by atomic mass is 9.86. The highest BCUT2D eigenvalue weighted by Gasteiger charge is 2.35. The smallest absolute Gasteiger partial charge is 0.388 e. The third kappa shape index (κ3) is 4.16. The molecule has 0 radical (unpaired) electrons. The molecule has 0 fully saturated rings. The van der Waals surface area contributed by atoms with Gasteiger partial charge in [-0.25, -0.2) is 4.39 Å². The average molecular weight is 443 g/mol. The maximum Gasteiger partial charge on any atom is 0.416 e. The lowest BCUT2D eigenvalue weighted by Gasteiger charge is -2.22. The molecule has 1 heterocycles. The summed E-state index contributed by atoms with van der Waals surface area (Å²) in [4.78, 5) is 4.90. The molecule has 2 aromatic carbocycles. The van der Waals surface area contributed by atoms with Gasteiger partial charge in [0.15, 0.2) is 0 Å². The van der Waals surface area contributed by atoms with E-state index < -0.39 is 17.8 Å². The van der Waals surface area contributed by atoms with Crippen LogP contribution >= 0.6 is 0 Å². The molecule has 6 heteroatoms. The second-order valence-corrected chi connectivity index (χ2v) is 8.87. The topological polar surface area (TPSA) is 33.1 Å². The lowest BCUT2D eigenvalue weighted by molar-refractivity contribution is -0.137. The molecule has 0 spiro atoms. The summed E-state index contributed by atoms with van der Waals surface area (Å²) < 4.78 is 52.6. The fraction of sp³-hybridized carbons (Fsp3) is 0.346. The van der Waals surface area contributed by atoms with Crippen LogP contribution in [0.4, 0.5) is 17.6 Å². The number of nitrogens with zero attached hydrogens (tertiary/aromatic N) is 1. The number of aliphatic hydroxyl groups excluding tert-OH is 1. The van der Waals surface area contributed by atoms with E-state index in [9.17, 15) is 22.7 Å². The highest BCUT2D eigenvalue weighted by molar-refractivity contribution is 5.75. The Balaban J connectivity index is 1.91. The van der Waals surface area contributed by atoms with Crippen LogP contribution in [0, 0.1) is 11.7 Å². The van der Waals surface area contributed by atoms with Gasteiger partial charge in [-0.1, -0.05) is 45.0 Å². The molecule has 2 nitrogen and oxygen atoms in total. The number of aliphatic hydroxyl groups is 1. The number of benzene rings is 2. The van der Waals surface area contributed by atoms with Crippen molar-refractivity contribution in [2.45, 2.75) is 51.8 Å². The molecule has 0 saturated heterocycles. The molecule has 1 aromatic heterocycles. The summed E-state index contributed by atoms with van der Waals surface area (Å²) in [6, 6.07) is 11.2. The van der Waals surface area contributed by atoms with Crippen molar-refractivity contribution < 1.29 is 22.7 Å². The van der Waals surface area contributed by atoms with Gasteiger partial charge in [-0.3, -0.25) is 4.98 Å². The van der Waals surface area contributed by atoms with Crippen LogP contribution in [0.2, 0.25) is 0 Å². The summed E-state index contributed by atoms with van der Waals surface area (Å²) in [7, 11) is 0. The zero-order valence-electron chi connectivity index (χ0n) is 18.2. The molecule has 32 heavy (non-hydrogen) atoms. The molecule has 1 aliphatic rings. The van der Waals surface area contributed by atoms with E-state index in [4.69, 9.17) is 4.98 Å². The predicted octanol–water partition coefficient (Wildman–Crippen LogP) is 6.85. The first-order chi connectivity index (χ1) is 15.1. The molecule has 2 atom stereocenters. The van der Waals surface area contributed by atoms with Crippen LogP contribution in [0.3, 0.4) is 0 Å². The third-order valence-electron chi connectivity index (χ3n) is 6.14. The molecule has 2 unspecified atom stereocenters.